The highest BCUT2D eigenvalue weighted by molar-refractivity contribution is 5.97. The third-order valence-electron chi connectivity index (χ3n) is 4.96. The summed E-state index contributed by atoms with van der Waals surface area (Å²) in [6, 6.07) is 7.70. The second-order valence-corrected chi connectivity index (χ2v) is 7.04. The lowest BCUT2D eigenvalue weighted by Crippen LogP contribution is -2.49. The molecule has 0 atom stereocenters. The Labute approximate surface area is 132 Å². The van der Waals surface area contributed by atoms with Gasteiger partial charge >= 0.3 is 0 Å². The molecule has 120 valence electrons. The van der Waals surface area contributed by atoms with E-state index >= 15 is 0 Å². The van der Waals surface area contributed by atoms with E-state index in [2.05, 4.69) is 24.1 Å². The Morgan fingerprint density at radius 3 is 2.73 bits per heavy atom. The van der Waals surface area contributed by atoms with Crippen LogP contribution < -0.4 is 10.1 Å². The number of carbonyl (C=O) groups excluding carboxylic acids is 1. The monoisotopic (exact) mass is 302 g/mol. The minimum atomic E-state index is -0.368. The van der Waals surface area contributed by atoms with E-state index in [4.69, 9.17) is 4.74 Å². The van der Waals surface area contributed by atoms with Gasteiger partial charge in [0, 0.05) is 0 Å². The maximum absolute atomic E-state index is 12.7. The topological polar surface area (TPSA) is 41.6 Å². The quantitative estimate of drug-likeness (QED) is 0.932. The molecule has 0 radical (unpaired) electrons. The normalized spacial score (nSPS) is 21.1. The van der Waals surface area contributed by atoms with Gasteiger partial charge in [0.2, 0.25) is 5.91 Å². The number of hydrogen-bond acceptors (Lipinski definition) is 3. The number of piperidine rings is 1. The molecule has 0 saturated carbocycles. The summed E-state index contributed by atoms with van der Waals surface area (Å²) in [5.74, 6) is 1.64. The summed E-state index contributed by atoms with van der Waals surface area (Å²) < 4.78 is 5.94. The number of para-hydroxylation sites is 2. The molecular weight excluding hydrogens is 276 g/mol. The Kier molecular flexibility index (Phi) is 4.39. The highest BCUT2D eigenvalue weighted by Crippen LogP contribution is 2.38. The molecule has 1 aromatic carbocycles. The summed E-state index contributed by atoms with van der Waals surface area (Å²) in [5.41, 5.74) is 0.430. The number of hydrogen-bond donors (Lipinski definition) is 1. The molecule has 2 heterocycles. The van der Waals surface area contributed by atoms with E-state index in [1.807, 2.05) is 24.3 Å². The number of rotatable bonds is 3. The van der Waals surface area contributed by atoms with Crippen molar-refractivity contribution in [3.8, 4) is 5.75 Å². The van der Waals surface area contributed by atoms with Crippen LogP contribution in [0.4, 0.5) is 5.69 Å². The first-order valence-electron chi connectivity index (χ1n) is 8.35. The van der Waals surface area contributed by atoms with Crippen molar-refractivity contribution < 1.29 is 9.53 Å². The Bertz CT molecular complexity index is 534. The van der Waals surface area contributed by atoms with Crippen LogP contribution in [0.3, 0.4) is 0 Å². The fraction of sp³-hybridized carbons (Fsp3) is 0.611. The molecule has 3 rings (SSSR count). The summed E-state index contributed by atoms with van der Waals surface area (Å²) >= 11 is 0. The summed E-state index contributed by atoms with van der Waals surface area (Å²) in [5, 5.41) is 3.07. The number of likely N-dealkylation sites (tertiary alicyclic amines) is 1. The molecule has 1 fully saturated rings. The molecule has 1 aromatic rings. The van der Waals surface area contributed by atoms with E-state index < -0.39 is 0 Å². The van der Waals surface area contributed by atoms with Crippen molar-refractivity contribution >= 4 is 11.6 Å². The zero-order valence-electron chi connectivity index (χ0n) is 13.6. The number of ether oxygens (including phenoxy) is 1. The molecule has 0 aromatic heterocycles. The molecule has 22 heavy (non-hydrogen) atoms. The summed E-state index contributed by atoms with van der Waals surface area (Å²) in [7, 11) is 0. The van der Waals surface area contributed by atoms with Gasteiger partial charge in [-0.05, 0) is 56.9 Å². The highest BCUT2D eigenvalue weighted by atomic mass is 16.5. The third kappa shape index (κ3) is 3.12. The average molecular weight is 302 g/mol. The van der Waals surface area contributed by atoms with Crippen LogP contribution in [0.1, 0.15) is 33.1 Å². The largest absolute Gasteiger partial charge is 0.490 e. The molecule has 1 spiro atoms. The van der Waals surface area contributed by atoms with Crippen LogP contribution in [0.5, 0.6) is 5.75 Å². The maximum atomic E-state index is 12.7. The van der Waals surface area contributed by atoms with Gasteiger partial charge in [-0.2, -0.15) is 0 Å². The van der Waals surface area contributed by atoms with Gasteiger partial charge in [0.25, 0.3) is 0 Å². The lowest BCUT2D eigenvalue weighted by atomic mass is 9.78. The predicted octanol–water partition coefficient (Wildman–Crippen LogP) is 3.15. The SMILES string of the molecule is CC(C)CCN1CCC2(CC1)COc1ccccc1NC2=O. The number of nitrogens with one attached hydrogen (secondary N) is 1. The Morgan fingerprint density at radius 2 is 2.00 bits per heavy atom. The molecule has 0 bridgehead atoms. The number of carbonyl (C=O) groups is 1. The van der Waals surface area contributed by atoms with Gasteiger partial charge in [0.1, 0.15) is 12.4 Å². The minimum Gasteiger partial charge on any atom is -0.490 e. The Hall–Kier alpha value is -1.55. The Morgan fingerprint density at radius 1 is 1.27 bits per heavy atom. The van der Waals surface area contributed by atoms with E-state index in [-0.39, 0.29) is 11.3 Å². The molecule has 4 nitrogen and oxygen atoms in total. The number of fused-ring (bicyclic) bond motifs is 1. The molecule has 2 aliphatic rings. The molecular formula is C18H26N2O2. The van der Waals surface area contributed by atoms with Crippen LogP contribution in [0.15, 0.2) is 24.3 Å². The summed E-state index contributed by atoms with van der Waals surface area (Å²) in [4.78, 5) is 15.2. The van der Waals surface area contributed by atoms with E-state index in [9.17, 15) is 4.79 Å². The number of amides is 1. The van der Waals surface area contributed by atoms with Crippen LogP contribution in [-0.4, -0.2) is 37.0 Å². The zero-order valence-corrected chi connectivity index (χ0v) is 13.6. The van der Waals surface area contributed by atoms with Gasteiger partial charge in [-0.25, -0.2) is 0 Å². The van der Waals surface area contributed by atoms with Crippen LogP contribution in [0, 0.1) is 11.3 Å². The van der Waals surface area contributed by atoms with Crippen molar-refractivity contribution in [1.82, 2.24) is 4.90 Å². The fourth-order valence-electron chi connectivity index (χ4n) is 3.25. The van der Waals surface area contributed by atoms with Crippen molar-refractivity contribution in [3.63, 3.8) is 0 Å². The molecule has 1 amide bonds. The van der Waals surface area contributed by atoms with E-state index in [0.717, 1.165) is 49.8 Å². The van der Waals surface area contributed by atoms with Crippen molar-refractivity contribution in [2.75, 3.05) is 31.6 Å². The summed E-state index contributed by atoms with van der Waals surface area (Å²) in [6.07, 6.45) is 2.98. The fourth-order valence-corrected chi connectivity index (χ4v) is 3.25. The van der Waals surface area contributed by atoms with Crippen molar-refractivity contribution in [2.24, 2.45) is 11.3 Å². The molecule has 0 aliphatic carbocycles. The number of benzene rings is 1. The maximum Gasteiger partial charge on any atom is 0.234 e. The van der Waals surface area contributed by atoms with Crippen LogP contribution in [0.25, 0.3) is 0 Å². The molecule has 1 N–H and O–H groups in total. The first kappa shape index (κ1) is 15.3. The Balaban J connectivity index is 1.65. The lowest BCUT2D eigenvalue weighted by Gasteiger charge is -2.39. The van der Waals surface area contributed by atoms with Crippen LogP contribution in [0.2, 0.25) is 0 Å². The van der Waals surface area contributed by atoms with E-state index in [0.29, 0.717) is 6.61 Å². The minimum absolute atomic E-state index is 0.126. The predicted molar refractivity (Wildman–Crippen MR) is 88.1 cm³/mol. The molecule has 4 heteroatoms. The van der Waals surface area contributed by atoms with Crippen molar-refractivity contribution in [2.45, 2.75) is 33.1 Å². The molecule has 0 unspecified atom stereocenters. The second kappa shape index (κ2) is 6.29. The van der Waals surface area contributed by atoms with Gasteiger partial charge < -0.3 is 15.0 Å². The standard InChI is InChI=1S/C18H26N2O2/c1-14(2)7-10-20-11-8-18(9-12-20)13-22-16-6-4-3-5-15(16)19-17(18)21/h3-6,14H,7-13H2,1-2H3,(H,19,21). The highest BCUT2D eigenvalue weighted by Gasteiger charge is 2.43. The van der Waals surface area contributed by atoms with E-state index in [1.54, 1.807) is 0 Å². The van der Waals surface area contributed by atoms with Gasteiger partial charge in [0.15, 0.2) is 0 Å². The molecule has 2 aliphatic heterocycles. The zero-order chi connectivity index (χ0) is 15.6. The second-order valence-electron chi connectivity index (χ2n) is 7.04. The third-order valence-corrected chi connectivity index (χ3v) is 4.96. The summed E-state index contributed by atoms with van der Waals surface area (Å²) in [6.45, 7) is 8.12. The van der Waals surface area contributed by atoms with Crippen LogP contribution in [-0.2, 0) is 4.79 Å². The lowest BCUT2D eigenvalue weighted by molar-refractivity contribution is -0.130. The number of nitrogens with zero attached hydrogens (tertiary/aromatic N) is 1. The van der Waals surface area contributed by atoms with Crippen LogP contribution >= 0.6 is 0 Å². The first-order chi connectivity index (χ1) is 10.6. The van der Waals surface area contributed by atoms with Gasteiger partial charge in [0.05, 0.1) is 11.1 Å². The van der Waals surface area contributed by atoms with Gasteiger partial charge in [-0.3, -0.25) is 4.79 Å². The van der Waals surface area contributed by atoms with Crippen molar-refractivity contribution in [3.05, 3.63) is 24.3 Å². The average Bonchev–Trinajstić information content (AvgIpc) is 2.65. The smallest absolute Gasteiger partial charge is 0.234 e. The van der Waals surface area contributed by atoms with E-state index in [1.165, 1.54) is 6.42 Å². The van der Waals surface area contributed by atoms with Gasteiger partial charge in [-0.1, -0.05) is 26.0 Å². The molecule has 1 saturated heterocycles. The van der Waals surface area contributed by atoms with Gasteiger partial charge in [-0.15, -0.1) is 0 Å². The number of anilines is 1. The first-order valence-corrected chi connectivity index (χ1v) is 8.35. The van der Waals surface area contributed by atoms with Crippen molar-refractivity contribution in [1.29, 1.82) is 0 Å².